The fourth-order valence-corrected chi connectivity index (χ4v) is 3.89. The zero-order chi connectivity index (χ0) is 21.6. The predicted octanol–water partition coefficient (Wildman–Crippen LogP) is 4.85. The maximum atomic E-state index is 13.1. The Labute approximate surface area is 174 Å². The van der Waals surface area contributed by atoms with Crippen molar-refractivity contribution in [3.8, 4) is 17.2 Å². The van der Waals surface area contributed by atoms with Crippen molar-refractivity contribution in [2.45, 2.75) is 38.6 Å². The molecule has 158 valence electrons. The summed E-state index contributed by atoms with van der Waals surface area (Å²) in [4.78, 5) is 15.3. The lowest BCUT2D eigenvalue weighted by Crippen LogP contribution is -2.41. The summed E-state index contributed by atoms with van der Waals surface area (Å²) in [5.74, 6) is 1.52. The smallest absolute Gasteiger partial charge is 0.203 e. The van der Waals surface area contributed by atoms with Crippen molar-refractivity contribution in [2.24, 2.45) is 0 Å². The summed E-state index contributed by atoms with van der Waals surface area (Å²) in [5, 5.41) is 0. The molecule has 5 nitrogen and oxygen atoms in total. The predicted molar refractivity (Wildman–Crippen MR) is 116 cm³/mol. The first-order valence-electron chi connectivity index (χ1n) is 9.90. The zero-order valence-electron chi connectivity index (χ0n) is 18.7. The van der Waals surface area contributed by atoms with E-state index in [0.29, 0.717) is 29.2 Å². The number of rotatable bonds is 10. The summed E-state index contributed by atoms with van der Waals surface area (Å²) in [6.07, 6.45) is 2.04. The summed E-state index contributed by atoms with van der Waals surface area (Å²) < 4.78 is 16.1. The molecule has 0 bridgehead atoms. The van der Waals surface area contributed by atoms with Crippen LogP contribution in [0.15, 0.2) is 36.4 Å². The average Bonchev–Trinajstić information content (AvgIpc) is 2.73. The number of carbonyl (C=O) groups is 1. The molecule has 0 heterocycles. The first kappa shape index (κ1) is 22.8. The lowest BCUT2D eigenvalue weighted by molar-refractivity contribution is 0.0900. The lowest BCUT2D eigenvalue weighted by atomic mass is 9.80. The van der Waals surface area contributed by atoms with Gasteiger partial charge in [-0.05, 0) is 51.6 Å². The first-order valence-corrected chi connectivity index (χ1v) is 9.90. The molecular weight excluding hydrogens is 366 g/mol. The van der Waals surface area contributed by atoms with E-state index in [1.807, 2.05) is 0 Å². The quantitative estimate of drug-likeness (QED) is 0.535. The Morgan fingerprint density at radius 2 is 1.52 bits per heavy atom. The van der Waals surface area contributed by atoms with Gasteiger partial charge in [0.1, 0.15) is 0 Å². The summed E-state index contributed by atoms with van der Waals surface area (Å²) >= 11 is 0. The van der Waals surface area contributed by atoms with Gasteiger partial charge in [0, 0.05) is 17.5 Å². The highest BCUT2D eigenvalue weighted by Crippen LogP contribution is 2.40. The van der Waals surface area contributed by atoms with Gasteiger partial charge in [0.2, 0.25) is 5.75 Å². The molecule has 0 amide bonds. The van der Waals surface area contributed by atoms with Crippen molar-refractivity contribution in [1.29, 1.82) is 0 Å². The van der Waals surface area contributed by atoms with Crippen LogP contribution in [0.2, 0.25) is 0 Å². The molecule has 0 fully saturated rings. The Hall–Kier alpha value is -2.53. The van der Waals surface area contributed by atoms with Gasteiger partial charge >= 0.3 is 0 Å². The normalized spacial score (nSPS) is 13.1. The Bertz CT molecular complexity index is 804. The Morgan fingerprint density at radius 1 is 0.966 bits per heavy atom. The third kappa shape index (κ3) is 4.73. The number of hydrogen-bond acceptors (Lipinski definition) is 5. The highest BCUT2D eigenvalue weighted by atomic mass is 16.5. The van der Waals surface area contributed by atoms with Crippen LogP contribution in [0, 0.1) is 6.92 Å². The monoisotopic (exact) mass is 399 g/mol. The fourth-order valence-electron chi connectivity index (χ4n) is 3.89. The molecule has 0 aliphatic heterocycles. The number of benzene rings is 2. The van der Waals surface area contributed by atoms with Crippen molar-refractivity contribution in [1.82, 2.24) is 4.90 Å². The second-order valence-corrected chi connectivity index (χ2v) is 7.48. The summed E-state index contributed by atoms with van der Waals surface area (Å²) in [6, 6.07) is 12.0. The van der Waals surface area contributed by atoms with Gasteiger partial charge in [-0.1, -0.05) is 36.8 Å². The van der Waals surface area contributed by atoms with Crippen LogP contribution in [0.5, 0.6) is 17.2 Å². The number of Topliss-reactive ketones (excluding diaryl/α,β-unsaturated/α-hetero) is 1. The molecule has 1 unspecified atom stereocenters. The Kier molecular flexibility index (Phi) is 7.68. The van der Waals surface area contributed by atoms with Gasteiger partial charge in [-0.2, -0.15) is 0 Å². The topological polar surface area (TPSA) is 48.0 Å². The SMILES string of the molecule is CCC(CCC(=O)c1cc(OC)c(OC)c(OC)c1)(c1ccc(C)cc1)N(C)C. The third-order valence-corrected chi connectivity index (χ3v) is 5.78. The third-order valence-electron chi connectivity index (χ3n) is 5.78. The number of aryl methyl sites for hydroxylation is 1. The minimum atomic E-state index is -0.204. The van der Waals surface area contributed by atoms with Crippen molar-refractivity contribution in [3.05, 3.63) is 53.1 Å². The van der Waals surface area contributed by atoms with Crippen molar-refractivity contribution < 1.29 is 19.0 Å². The van der Waals surface area contributed by atoms with E-state index in [0.717, 1.165) is 12.8 Å². The molecule has 2 rings (SSSR count). The minimum Gasteiger partial charge on any atom is -0.493 e. The van der Waals surface area contributed by atoms with Crippen molar-refractivity contribution >= 4 is 5.78 Å². The maximum absolute atomic E-state index is 13.1. The summed E-state index contributed by atoms with van der Waals surface area (Å²) in [5.41, 5.74) is 2.82. The van der Waals surface area contributed by atoms with Gasteiger partial charge in [-0.25, -0.2) is 0 Å². The van der Waals surface area contributed by atoms with Crippen LogP contribution in [0.1, 0.15) is 47.7 Å². The molecule has 0 radical (unpaired) electrons. The highest BCUT2D eigenvalue weighted by Gasteiger charge is 2.33. The Morgan fingerprint density at radius 3 is 1.93 bits per heavy atom. The average molecular weight is 400 g/mol. The first-order chi connectivity index (χ1) is 13.8. The van der Waals surface area contributed by atoms with E-state index < -0.39 is 0 Å². The van der Waals surface area contributed by atoms with E-state index in [2.05, 4.69) is 57.1 Å². The molecule has 5 heteroatoms. The van der Waals surface area contributed by atoms with Gasteiger partial charge in [0.25, 0.3) is 0 Å². The molecule has 0 saturated carbocycles. The van der Waals surface area contributed by atoms with Gasteiger partial charge in [-0.15, -0.1) is 0 Å². The molecule has 1 atom stereocenters. The van der Waals surface area contributed by atoms with Crippen LogP contribution in [-0.4, -0.2) is 46.1 Å². The number of ether oxygens (including phenoxy) is 3. The van der Waals surface area contributed by atoms with Gasteiger partial charge in [0.05, 0.1) is 21.3 Å². The van der Waals surface area contributed by atoms with Crippen LogP contribution in [0.4, 0.5) is 0 Å². The summed E-state index contributed by atoms with van der Waals surface area (Å²) in [7, 11) is 8.81. The molecule has 0 spiro atoms. The van der Waals surface area contributed by atoms with E-state index >= 15 is 0 Å². The van der Waals surface area contributed by atoms with E-state index in [4.69, 9.17) is 14.2 Å². The van der Waals surface area contributed by atoms with Crippen molar-refractivity contribution in [2.75, 3.05) is 35.4 Å². The number of nitrogens with zero attached hydrogens (tertiary/aromatic N) is 1. The number of carbonyl (C=O) groups excluding carboxylic acids is 1. The largest absolute Gasteiger partial charge is 0.493 e. The number of methoxy groups -OCH3 is 3. The van der Waals surface area contributed by atoms with E-state index in [1.165, 1.54) is 11.1 Å². The molecule has 29 heavy (non-hydrogen) atoms. The van der Waals surface area contributed by atoms with E-state index in [9.17, 15) is 4.79 Å². The molecule has 0 aromatic heterocycles. The fraction of sp³-hybridized carbons (Fsp3) is 0.458. The van der Waals surface area contributed by atoms with Crippen LogP contribution in [0.3, 0.4) is 0 Å². The minimum absolute atomic E-state index is 0.0519. The zero-order valence-corrected chi connectivity index (χ0v) is 18.7. The molecular formula is C24H33NO4. The number of hydrogen-bond donors (Lipinski definition) is 0. The second-order valence-electron chi connectivity index (χ2n) is 7.48. The highest BCUT2D eigenvalue weighted by molar-refractivity contribution is 5.97. The molecule has 0 N–H and O–H groups in total. The van der Waals surface area contributed by atoms with Crippen LogP contribution in [0.25, 0.3) is 0 Å². The standard InChI is InChI=1S/C24H33NO4/c1-8-24(25(3)4,19-11-9-17(2)10-12-19)14-13-20(26)18-15-21(27-5)23(29-7)22(16-18)28-6/h9-12,15-16H,8,13-14H2,1-7H3. The molecule has 2 aromatic rings. The molecule has 2 aromatic carbocycles. The summed E-state index contributed by atoms with van der Waals surface area (Å²) in [6.45, 7) is 4.25. The molecule has 0 aliphatic rings. The van der Waals surface area contributed by atoms with E-state index in [1.54, 1.807) is 33.5 Å². The molecule has 0 saturated heterocycles. The second kappa shape index (κ2) is 9.79. The van der Waals surface area contributed by atoms with Crippen molar-refractivity contribution in [3.63, 3.8) is 0 Å². The van der Waals surface area contributed by atoms with Crippen LogP contribution < -0.4 is 14.2 Å². The van der Waals surface area contributed by atoms with Crippen LogP contribution >= 0.6 is 0 Å². The number of ketones is 1. The van der Waals surface area contributed by atoms with Crippen LogP contribution in [-0.2, 0) is 5.54 Å². The maximum Gasteiger partial charge on any atom is 0.203 e. The lowest BCUT2D eigenvalue weighted by Gasteiger charge is -2.40. The van der Waals surface area contributed by atoms with Gasteiger partial charge < -0.3 is 14.2 Å². The van der Waals surface area contributed by atoms with E-state index in [-0.39, 0.29) is 11.3 Å². The Balaban J connectivity index is 2.32. The van der Waals surface area contributed by atoms with Gasteiger partial charge in [0.15, 0.2) is 17.3 Å². The molecule has 0 aliphatic carbocycles. The van der Waals surface area contributed by atoms with Gasteiger partial charge in [-0.3, -0.25) is 9.69 Å².